The van der Waals surface area contributed by atoms with Crippen LogP contribution in [0.1, 0.15) is 44.2 Å². The molecule has 0 atom stereocenters. The summed E-state index contributed by atoms with van der Waals surface area (Å²) in [4.78, 5) is 26.0. The Labute approximate surface area is 170 Å². The molecule has 8 heteroatoms. The molecule has 2 aromatic rings. The molecule has 4 heterocycles. The van der Waals surface area contributed by atoms with E-state index in [9.17, 15) is 10.1 Å². The second kappa shape index (κ2) is 6.83. The van der Waals surface area contributed by atoms with Crippen molar-refractivity contribution in [3.8, 4) is 17.3 Å². The van der Waals surface area contributed by atoms with E-state index in [4.69, 9.17) is 4.98 Å². The van der Waals surface area contributed by atoms with E-state index in [0.717, 1.165) is 56.2 Å². The van der Waals surface area contributed by atoms with Gasteiger partial charge in [-0.15, -0.1) is 0 Å². The SMILES string of the molecule is Cn1cc(-c2nc(N3CCC4(CCC(=O)N4CC4CC4)CC3)cnc2C#N)cn1. The van der Waals surface area contributed by atoms with E-state index in [0.29, 0.717) is 23.7 Å². The van der Waals surface area contributed by atoms with Crippen molar-refractivity contribution in [3.05, 3.63) is 24.3 Å². The lowest BCUT2D eigenvalue weighted by Gasteiger charge is -2.45. The van der Waals surface area contributed by atoms with Crippen LogP contribution in [0, 0.1) is 17.2 Å². The fourth-order valence-corrected chi connectivity index (χ4v) is 4.76. The maximum absolute atomic E-state index is 12.5. The van der Waals surface area contributed by atoms with Gasteiger partial charge in [0.15, 0.2) is 5.69 Å². The van der Waals surface area contributed by atoms with Crippen LogP contribution in [0.3, 0.4) is 0 Å². The van der Waals surface area contributed by atoms with Gasteiger partial charge in [-0.25, -0.2) is 9.97 Å². The second-order valence-corrected chi connectivity index (χ2v) is 8.60. The zero-order valence-corrected chi connectivity index (χ0v) is 16.7. The van der Waals surface area contributed by atoms with Crippen molar-refractivity contribution in [1.29, 1.82) is 5.26 Å². The molecule has 0 bridgehead atoms. The number of carbonyl (C=O) groups excluding carboxylic acids is 1. The molecule has 0 unspecified atom stereocenters. The van der Waals surface area contributed by atoms with Gasteiger partial charge in [0.2, 0.25) is 5.91 Å². The molecular formula is C21H25N7O. The van der Waals surface area contributed by atoms with Crippen LogP contribution in [0.4, 0.5) is 5.82 Å². The van der Waals surface area contributed by atoms with Crippen molar-refractivity contribution in [3.63, 3.8) is 0 Å². The van der Waals surface area contributed by atoms with E-state index < -0.39 is 0 Å². The van der Waals surface area contributed by atoms with Gasteiger partial charge in [-0.05, 0) is 38.0 Å². The van der Waals surface area contributed by atoms with Gasteiger partial charge in [0, 0.05) is 50.4 Å². The molecule has 2 aromatic heterocycles. The minimum absolute atomic E-state index is 0.0301. The third-order valence-electron chi connectivity index (χ3n) is 6.68. The first-order valence-corrected chi connectivity index (χ1v) is 10.4. The van der Waals surface area contributed by atoms with Crippen LogP contribution in [-0.4, -0.2) is 55.7 Å². The first-order chi connectivity index (χ1) is 14.1. The molecule has 2 aliphatic heterocycles. The van der Waals surface area contributed by atoms with Crippen molar-refractivity contribution < 1.29 is 4.79 Å². The lowest BCUT2D eigenvalue weighted by Crippen LogP contribution is -2.54. The number of hydrogen-bond acceptors (Lipinski definition) is 6. The number of likely N-dealkylation sites (tertiary alicyclic amines) is 1. The molecule has 29 heavy (non-hydrogen) atoms. The molecule has 0 radical (unpaired) electrons. The second-order valence-electron chi connectivity index (χ2n) is 8.60. The summed E-state index contributed by atoms with van der Waals surface area (Å²) in [7, 11) is 1.84. The summed E-state index contributed by atoms with van der Waals surface area (Å²) in [6.07, 6.45) is 11.4. The van der Waals surface area contributed by atoms with E-state index in [1.807, 2.05) is 13.2 Å². The van der Waals surface area contributed by atoms with Gasteiger partial charge >= 0.3 is 0 Å². The van der Waals surface area contributed by atoms with Crippen LogP contribution in [0.5, 0.6) is 0 Å². The Kier molecular flexibility index (Phi) is 4.26. The number of carbonyl (C=O) groups is 1. The van der Waals surface area contributed by atoms with Gasteiger partial charge in [0.05, 0.1) is 12.4 Å². The molecule has 3 fully saturated rings. The number of piperidine rings is 1. The fraction of sp³-hybridized carbons (Fsp3) is 0.571. The Morgan fingerprint density at radius 1 is 1.24 bits per heavy atom. The van der Waals surface area contributed by atoms with Gasteiger partial charge < -0.3 is 9.80 Å². The zero-order valence-electron chi connectivity index (χ0n) is 16.7. The van der Waals surface area contributed by atoms with E-state index in [1.54, 1.807) is 17.1 Å². The molecule has 0 aromatic carbocycles. The predicted molar refractivity (Wildman–Crippen MR) is 107 cm³/mol. The number of nitrogens with zero attached hydrogens (tertiary/aromatic N) is 7. The Bertz CT molecular complexity index is 979. The highest BCUT2D eigenvalue weighted by molar-refractivity contribution is 5.80. The number of anilines is 1. The summed E-state index contributed by atoms with van der Waals surface area (Å²) >= 11 is 0. The quantitative estimate of drug-likeness (QED) is 0.793. The molecule has 3 aliphatic rings. The summed E-state index contributed by atoms with van der Waals surface area (Å²) in [6, 6.07) is 2.13. The summed E-state index contributed by atoms with van der Waals surface area (Å²) < 4.78 is 1.70. The maximum Gasteiger partial charge on any atom is 0.223 e. The number of aromatic nitrogens is 4. The zero-order chi connectivity index (χ0) is 20.0. The van der Waals surface area contributed by atoms with Gasteiger partial charge in [0.1, 0.15) is 17.6 Å². The lowest BCUT2D eigenvalue weighted by molar-refractivity contribution is -0.132. The van der Waals surface area contributed by atoms with Crippen LogP contribution < -0.4 is 4.90 Å². The minimum atomic E-state index is 0.0301. The molecule has 1 spiro atoms. The van der Waals surface area contributed by atoms with Crippen molar-refractivity contribution in [2.75, 3.05) is 24.5 Å². The van der Waals surface area contributed by atoms with Gasteiger partial charge in [-0.2, -0.15) is 10.4 Å². The normalized spacial score (nSPS) is 21.0. The highest BCUT2D eigenvalue weighted by atomic mass is 16.2. The lowest BCUT2D eigenvalue weighted by atomic mass is 9.84. The third kappa shape index (κ3) is 3.24. The standard InChI is InChI=1S/C21H25N7O/c1-26-14-16(11-24-26)20-17(10-22)23-12-18(25-20)27-8-6-21(7-9-27)5-4-19(29)28(21)13-15-2-3-15/h11-12,14-15H,2-9,13H2,1H3. The number of rotatable bonds is 4. The smallest absolute Gasteiger partial charge is 0.223 e. The molecule has 1 saturated carbocycles. The first-order valence-electron chi connectivity index (χ1n) is 10.4. The van der Waals surface area contributed by atoms with E-state index in [-0.39, 0.29) is 5.54 Å². The van der Waals surface area contributed by atoms with Crippen LogP contribution in [-0.2, 0) is 11.8 Å². The number of hydrogen-bond donors (Lipinski definition) is 0. The Morgan fingerprint density at radius 3 is 2.69 bits per heavy atom. The number of aryl methyl sites for hydroxylation is 1. The van der Waals surface area contributed by atoms with E-state index in [2.05, 4.69) is 26.0 Å². The highest BCUT2D eigenvalue weighted by Crippen LogP contribution is 2.43. The van der Waals surface area contributed by atoms with Gasteiger partial charge in [-0.1, -0.05) is 0 Å². The number of amides is 1. The van der Waals surface area contributed by atoms with Crippen molar-refractivity contribution in [1.82, 2.24) is 24.6 Å². The Balaban J connectivity index is 1.36. The van der Waals surface area contributed by atoms with Crippen LogP contribution >= 0.6 is 0 Å². The van der Waals surface area contributed by atoms with Gasteiger partial charge in [-0.3, -0.25) is 9.48 Å². The minimum Gasteiger partial charge on any atom is -0.355 e. The summed E-state index contributed by atoms with van der Waals surface area (Å²) in [5, 5.41) is 13.6. The van der Waals surface area contributed by atoms with Crippen LogP contribution in [0.25, 0.3) is 11.3 Å². The Morgan fingerprint density at radius 2 is 2.03 bits per heavy atom. The summed E-state index contributed by atoms with van der Waals surface area (Å²) in [5.74, 6) is 1.84. The fourth-order valence-electron chi connectivity index (χ4n) is 4.76. The molecule has 0 N–H and O–H groups in total. The molecule has 150 valence electrons. The Hall–Kier alpha value is -2.95. The average Bonchev–Trinajstić information content (AvgIpc) is 3.40. The summed E-state index contributed by atoms with van der Waals surface area (Å²) in [6.45, 7) is 2.64. The molecule has 1 aliphatic carbocycles. The molecule has 1 amide bonds. The third-order valence-corrected chi connectivity index (χ3v) is 6.68. The van der Waals surface area contributed by atoms with Crippen LogP contribution in [0.15, 0.2) is 18.6 Å². The van der Waals surface area contributed by atoms with E-state index in [1.165, 1.54) is 12.8 Å². The highest BCUT2D eigenvalue weighted by Gasteiger charge is 2.48. The average molecular weight is 391 g/mol. The molecule has 8 nitrogen and oxygen atoms in total. The monoisotopic (exact) mass is 391 g/mol. The van der Waals surface area contributed by atoms with E-state index >= 15 is 0 Å². The van der Waals surface area contributed by atoms with Crippen LogP contribution in [0.2, 0.25) is 0 Å². The van der Waals surface area contributed by atoms with Crippen molar-refractivity contribution in [2.45, 2.75) is 44.1 Å². The largest absolute Gasteiger partial charge is 0.355 e. The first kappa shape index (κ1) is 18.1. The molecule has 5 rings (SSSR count). The topological polar surface area (TPSA) is 90.9 Å². The predicted octanol–water partition coefficient (Wildman–Crippen LogP) is 2.12. The maximum atomic E-state index is 12.5. The summed E-state index contributed by atoms with van der Waals surface area (Å²) in [5.41, 5.74) is 1.71. The molecular weight excluding hydrogens is 366 g/mol. The molecule has 2 saturated heterocycles. The van der Waals surface area contributed by atoms with Crippen molar-refractivity contribution in [2.24, 2.45) is 13.0 Å². The van der Waals surface area contributed by atoms with Gasteiger partial charge in [0.25, 0.3) is 0 Å². The van der Waals surface area contributed by atoms with Crippen molar-refractivity contribution >= 4 is 11.7 Å². The number of nitriles is 1.